The van der Waals surface area contributed by atoms with Crippen LogP contribution in [0.5, 0.6) is 0 Å². The number of allylic oxidation sites excluding steroid dienone is 1. The van der Waals surface area contributed by atoms with Crippen LogP contribution < -0.4 is 11.1 Å². The third-order valence-corrected chi connectivity index (χ3v) is 5.79. The maximum atomic E-state index is 13.4. The number of aromatic nitrogens is 2. The van der Waals surface area contributed by atoms with Gasteiger partial charge in [-0.25, -0.2) is 9.79 Å². The van der Waals surface area contributed by atoms with Crippen LogP contribution in [0.15, 0.2) is 83.2 Å². The molecule has 34 heavy (non-hydrogen) atoms. The summed E-state index contributed by atoms with van der Waals surface area (Å²) >= 11 is 0. The number of nitrogens with zero attached hydrogens (tertiary/aromatic N) is 2. The Morgan fingerprint density at radius 3 is 2.59 bits per heavy atom. The minimum Gasteiger partial charge on any atom is -0.494 e. The van der Waals surface area contributed by atoms with E-state index in [4.69, 9.17) is 15.5 Å². The van der Waals surface area contributed by atoms with Gasteiger partial charge in [-0.05, 0) is 68.0 Å². The molecule has 5 rings (SSSR count). The molecule has 1 amide bonds. The Kier molecular flexibility index (Phi) is 5.30. The average molecular weight is 452 g/mol. The number of hydrogen-bond acceptors (Lipinski definition) is 4. The summed E-state index contributed by atoms with van der Waals surface area (Å²) in [5.74, 6) is 0.636. The van der Waals surface area contributed by atoms with E-state index in [9.17, 15) is 4.79 Å². The normalized spacial score (nSPS) is 14.4. The van der Waals surface area contributed by atoms with Crippen LogP contribution in [0.3, 0.4) is 0 Å². The van der Waals surface area contributed by atoms with E-state index in [0.717, 1.165) is 27.9 Å². The maximum absolute atomic E-state index is 13.4. The number of aliphatic imine (C=N–C) groups is 1. The molecule has 170 valence electrons. The summed E-state index contributed by atoms with van der Waals surface area (Å²) in [5.41, 5.74) is 13.0. The monoisotopic (exact) mass is 451 g/mol. The van der Waals surface area contributed by atoms with Crippen LogP contribution >= 0.6 is 0 Å². The van der Waals surface area contributed by atoms with Crippen molar-refractivity contribution in [3.05, 3.63) is 101 Å². The summed E-state index contributed by atoms with van der Waals surface area (Å²) in [6.07, 6.45) is 3.82. The van der Waals surface area contributed by atoms with Crippen LogP contribution in [0.25, 0.3) is 17.0 Å². The number of nitrogen functional groups attached to an aromatic ring is 1. The molecule has 0 fully saturated rings. The third-order valence-electron chi connectivity index (χ3n) is 5.79. The van der Waals surface area contributed by atoms with Crippen molar-refractivity contribution in [3.8, 4) is 0 Å². The molecule has 0 bridgehead atoms. The van der Waals surface area contributed by atoms with Gasteiger partial charge in [-0.1, -0.05) is 18.2 Å². The number of nitrogens with one attached hydrogen (secondary N) is 2. The molecule has 0 unspecified atom stereocenters. The van der Waals surface area contributed by atoms with Gasteiger partial charge >= 0.3 is 6.03 Å². The van der Waals surface area contributed by atoms with Gasteiger partial charge < -0.3 is 20.8 Å². The van der Waals surface area contributed by atoms with E-state index >= 15 is 0 Å². The first-order chi connectivity index (χ1) is 16.4. The number of anilines is 2. The van der Waals surface area contributed by atoms with Crippen molar-refractivity contribution in [2.24, 2.45) is 4.99 Å². The van der Waals surface area contributed by atoms with Gasteiger partial charge in [0, 0.05) is 34.2 Å². The van der Waals surface area contributed by atoms with Crippen molar-refractivity contribution < 1.29 is 9.53 Å². The fourth-order valence-electron chi connectivity index (χ4n) is 4.16. The van der Waals surface area contributed by atoms with E-state index in [2.05, 4.69) is 16.4 Å². The molecule has 0 atom stereocenters. The lowest BCUT2D eigenvalue weighted by molar-refractivity contribution is 0.254. The molecule has 2 aromatic heterocycles. The fraction of sp³-hybridized carbons (Fsp3) is 0.111. The highest BCUT2D eigenvalue weighted by Gasteiger charge is 2.23. The Bertz CT molecular complexity index is 1500. The Hall–Kier alpha value is -4.52. The minimum atomic E-state index is -0.288. The van der Waals surface area contributed by atoms with Crippen LogP contribution in [0, 0.1) is 13.8 Å². The zero-order chi connectivity index (χ0) is 23.8. The van der Waals surface area contributed by atoms with E-state index in [1.807, 2.05) is 56.3 Å². The van der Waals surface area contributed by atoms with E-state index in [1.54, 1.807) is 35.9 Å². The lowest BCUT2D eigenvalue weighted by Crippen LogP contribution is -2.22. The summed E-state index contributed by atoms with van der Waals surface area (Å²) in [6.45, 7) is 4.06. The number of aryl methyl sites for hydroxylation is 2. The summed E-state index contributed by atoms with van der Waals surface area (Å²) in [7, 11) is 1.62. The van der Waals surface area contributed by atoms with Gasteiger partial charge in [0.1, 0.15) is 11.5 Å². The molecule has 3 heterocycles. The lowest BCUT2D eigenvalue weighted by Gasteiger charge is -2.11. The Labute approximate surface area is 197 Å². The molecule has 0 aliphatic carbocycles. The van der Waals surface area contributed by atoms with Gasteiger partial charge in [-0.3, -0.25) is 4.57 Å². The summed E-state index contributed by atoms with van der Waals surface area (Å²) in [4.78, 5) is 21.6. The highest BCUT2D eigenvalue weighted by atomic mass is 16.5. The summed E-state index contributed by atoms with van der Waals surface area (Å²) in [5, 5.41) is 3.89. The summed E-state index contributed by atoms with van der Waals surface area (Å²) < 4.78 is 7.26. The van der Waals surface area contributed by atoms with Crippen LogP contribution in [-0.2, 0) is 4.74 Å². The molecule has 0 spiro atoms. The molecule has 0 saturated carbocycles. The minimum absolute atomic E-state index is 0.288. The second-order valence-corrected chi connectivity index (χ2v) is 8.26. The number of nitrogens with two attached hydrogens (primary N) is 1. The number of methoxy groups -OCH3 is 1. The SMILES string of the molecule is COC1=CC(c2cc3ccccc3n2C(=O)Nc2ccc(N)cc2)=N/C1=C\c1[nH]c(C)cc1C. The number of rotatable bonds is 4. The molecule has 4 aromatic rings. The smallest absolute Gasteiger partial charge is 0.331 e. The second kappa shape index (κ2) is 8.44. The molecule has 0 saturated heterocycles. The second-order valence-electron chi connectivity index (χ2n) is 8.26. The van der Waals surface area contributed by atoms with E-state index in [1.165, 1.54) is 0 Å². The Morgan fingerprint density at radius 1 is 1.12 bits per heavy atom. The van der Waals surface area contributed by atoms with Gasteiger partial charge in [-0.2, -0.15) is 0 Å². The first-order valence-electron chi connectivity index (χ1n) is 10.9. The third kappa shape index (κ3) is 3.88. The van der Waals surface area contributed by atoms with Gasteiger partial charge in [-0.15, -0.1) is 0 Å². The fourth-order valence-corrected chi connectivity index (χ4v) is 4.16. The number of amides is 1. The van der Waals surface area contributed by atoms with Crippen molar-refractivity contribution in [1.82, 2.24) is 9.55 Å². The number of H-pyrrole nitrogens is 1. The number of benzene rings is 2. The quantitative estimate of drug-likeness (QED) is 0.351. The van der Waals surface area contributed by atoms with E-state index in [-0.39, 0.29) is 6.03 Å². The average Bonchev–Trinajstić information content (AvgIpc) is 3.49. The van der Waals surface area contributed by atoms with Crippen molar-refractivity contribution >= 4 is 40.1 Å². The number of ether oxygens (including phenoxy) is 1. The number of aromatic amines is 1. The zero-order valence-corrected chi connectivity index (χ0v) is 19.2. The highest BCUT2D eigenvalue weighted by Crippen LogP contribution is 2.29. The number of carbonyl (C=O) groups is 1. The lowest BCUT2D eigenvalue weighted by atomic mass is 10.2. The van der Waals surface area contributed by atoms with Gasteiger partial charge in [0.2, 0.25) is 0 Å². The Morgan fingerprint density at radius 2 is 1.88 bits per heavy atom. The highest BCUT2D eigenvalue weighted by molar-refractivity contribution is 6.16. The Balaban J connectivity index is 1.59. The molecular formula is C27H25N5O2. The van der Waals surface area contributed by atoms with Gasteiger partial charge in [0.05, 0.1) is 24.0 Å². The van der Waals surface area contributed by atoms with Gasteiger partial charge in [0.25, 0.3) is 0 Å². The van der Waals surface area contributed by atoms with Crippen molar-refractivity contribution in [1.29, 1.82) is 0 Å². The van der Waals surface area contributed by atoms with Crippen molar-refractivity contribution in [2.45, 2.75) is 13.8 Å². The molecule has 7 heteroatoms. The number of para-hydroxylation sites is 1. The number of carbonyl (C=O) groups excluding carboxylic acids is 1. The molecule has 0 radical (unpaired) electrons. The van der Waals surface area contributed by atoms with Gasteiger partial charge in [0.15, 0.2) is 0 Å². The van der Waals surface area contributed by atoms with Crippen LogP contribution in [0.1, 0.15) is 22.6 Å². The number of hydrogen-bond donors (Lipinski definition) is 3. The van der Waals surface area contributed by atoms with E-state index < -0.39 is 0 Å². The van der Waals surface area contributed by atoms with Crippen LogP contribution in [0.4, 0.5) is 16.2 Å². The first kappa shape index (κ1) is 21.3. The van der Waals surface area contributed by atoms with Crippen molar-refractivity contribution in [2.75, 3.05) is 18.2 Å². The molecule has 1 aliphatic rings. The maximum Gasteiger partial charge on any atom is 0.331 e. The topological polar surface area (TPSA) is 97.4 Å². The molecule has 1 aliphatic heterocycles. The predicted octanol–water partition coefficient (Wildman–Crippen LogP) is 5.62. The molecule has 2 aromatic carbocycles. The zero-order valence-electron chi connectivity index (χ0n) is 19.2. The standard InChI is InChI=1S/C27H25N5O2/c1-16-12-17(2)29-21(16)14-23-26(34-3)15-22(31-23)25-13-18-6-4-5-7-24(18)32(25)27(33)30-20-10-8-19(28)9-11-20/h4-15,29H,28H2,1-3H3,(H,30,33)/b23-14-. The predicted molar refractivity (Wildman–Crippen MR) is 137 cm³/mol. The molecular weight excluding hydrogens is 426 g/mol. The summed E-state index contributed by atoms with van der Waals surface area (Å²) in [6, 6.07) is 18.6. The van der Waals surface area contributed by atoms with Crippen LogP contribution in [0.2, 0.25) is 0 Å². The molecule has 4 N–H and O–H groups in total. The molecule has 7 nitrogen and oxygen atoms in total. The number of fused-ring (bicyclic) bond motifs is 1. The largest absolute Gasteiger partial charge is 0.494 e. The first-order valence-corrected chi connectivity index (χ1v) is 10.9. The van der Waals surface area contributed by atoms with E-state index in [0.29, 0.717) is 34.2 Å². The van der Waals surface area contributed by atoms with Crippen molar-refractivity contribution in [3.63, 3.8) is 0 Å². The van der Waals surface area contributed by atoms with Crippen LogP contribution in [-0.4, -0.2) is 28.4 Å².